The molecule has 1 heterocycles. The molecule has 132 valence electrons. The fourth-order valence-corrected chi connectivity index (χ4v) is 3.40. The summed E-state index contributed by atoms with van der Waals surface area (Å²) in [6, 6.07) is 16.8. The Bertz CT molecular complexity index is 878. The maximum Gasteiger partial charge on any atom is 0.293 e. The highest BCUT2D eigenvalue weighted by molar-refractivity contribution is 8.18. The monoisotopic (exact) mass is 366 g/mol. The van der Waals surface area contributed by atoms with Gasteiger partial charge in [0.2, 0.25) is 5.91 Å². The van der Waals surface area contributed by atoms with Gasteiger partial charge in [-0.05, 0) is 42.0 Å². The zero-order chi connectivity index (χ0) is 18.5. The SMILES string of the molecule is Cc1ccccc1NC(=O)CCN1C(=O)SC(=Cc2ccccc2)C1=O. The van der Waals surface area contributed by atoms with Gasteiger partial charge in [0, 0.05) is 18.7 Å². The zero-order valence-corrected chi connectivity index (χ0v) is 15.1. The lowest BCUT2D eigenvalue weighted by atomic mass is 10.2. The lowest BCUT2D eigenvalue weighted by Gasteiger charge is -2.13. The first-order chi connectivity index (χ1) is 12.5. The molecule has 0 aliphatic carbocycles. The van der Waals surface area contributed by atoms with Gasteiger partial charge in [-0.1, -0.05) is 48.5 Å². The van der Waals surface area contributed by atoms with Crippen molar-refractivity contribution in [3.8, 4) is 0 Å². The summed E-state index contributed by atoms with van der Waals surface area (Å²) in [6.45, 7) is 1.97. The topological polar surface area (TPSA) is 66.5 Å². The molecule has 1 N–H and O–H groups in total. The van der Waals surface area contributed by atoms with Gasteiger partial charge in [-0.15, -0.1) is 0 Å². The van der Waals surface area contributed by atoms with Crippen LogP contribution in [0, 0.1) is 6.92 Å². The number of carbonyl (C=O) groups excluding carboxylic acids is 3. The predicted octanol–water partition coefficient (Wildman–Crippen LogP) is 4.06. The summed E-state index contributed by atoms with van der Waals surface area (Å²) in [7, 11) is 0. The zero-order valence-electron chi connectivity index (χ0n) is 14.3. The van der Waals surface area contributed by atoms with E-state index in [-0.39, 0.29) is 30.0 Å². The van der Waals surface area contributed by atoms with Crippen molar-refractivity contribution in [2.45, 2.75) is 13.3 Å². The molecular weight excluding hydrogens is 348 g/mol. The molecule has 5 nitrogen and oxygen atoms in total. The molecule has 0 radical (unpaired) electrons. The second-order valence-electron chi connectivity index (χ2n) is 5.86. The van der Waals surface area contributed by atoms with Crippen LogP contribution in [0.1, 0.15) is 17.5 Å². The van der Waals surface area contributed by atoms with E-state index in [0.717, 1.165) is 33.5 Å². The van der Waals surface area contributed by atoms with Crippen LogP contribution in [-0.2, 0) is 9.59 Å². The van der Waals surface area contributed by atoms with Gasteiger partial charge in [-0.25, -0.2) is 0 Å². The normalized spacial score (nSPS) is 15.6. The first-order valence-corrected chi connectivity index (χ1v) is 9.02. The molecule has 1 aliphatic heterocycles. The van der Waals surface area contributed by atoms with E-state index in [2.05, 4.69) is 5.32 Å². The first kappa shape index (κ1) is 17.9. The molecule has 0 atom stereocenters. The van der Waals surface area contributed by atoms with Crippen molar-refractivity contribution in [2.75, 3.05) is 11.9 Å². The number of amides is 3. The quantitative estimate of drug-likeness (QED) is 0.811. The standard InChI is InChI=1S/C20H18N2O3S/c1-14-7-5-6-10-16(14)21-18(23)11-12-22-19(24)17(26-20(22)25)13-15-8-3-2-4-9-15/h2-10,13H,11-12H2,1H3,(H,21,23). The van der Waals surface area contributed by atoms with E-state index in [1.807, 2.05) is 61.5 Å². The highest BCUT2D eigenvalue weighted by atomic mass is 32.2. The van der Waals surface area contributed by atoms with Crippen LogP contribution < -0.4 is 5.32 Å². The van der Waals surface area contributed by atoms with Crippen LogP contribution in [0.5, 0.6) is 0 Å². The van der Waals surface area contributed by atoms with Crippen molar-refractivity contribution in [1.82, 2.24) is 4.90 Å². The molecule has 2 aromatic rings. The van der Waals surface area contributed by atoms with E-state index in [0.29, 0.717) is 4.91 Å². The van der Waals surface area contributed by atoms with Crippen LogP contribution in [0.4, 0.5) is 10.5 Å². The Hall–Kier alpha value is -2.86. The summed E-state index contributed by atoms with van der Waals surface area (Å²) < 4.78 is 0. The van der Waals surface area contributed by atoms with Gasteiger partial charge in [0.1, 0.15) is 0 Å². The second-order valence-corrected chi connectivity index (χ2v) is 6.85. The molecule has 1 fully saturated rings. The van der Waals surface area contributed by atoms with Gasteiger partial charge in [0.15, 0.2) is 0 Å². The van der Waals surface area contributed by atoms with Crippen molar-refractivity contribution in [3.63, 3.8) is 0 Å². The Morgan fingerprint density at radius 1 is 1.08 bits per heavy atom. The van der Waals surface area contributed by atoms with Crippen molar-refractivity contribution >= 4 is 40.6 Å². The maximum atomic E-state index is 12.4. The van der Waals surface area contributed by atoms with Gasteiger partial charge < -0.3 is 5.32 Å². The molecule has 0 bridgehead atoms. The van der Waals surface area contributed by atoms with Crippen LogP contribution in [0.2, 0.25) is 0 Å². The second kappa shape index (κ2) is 8.01. The van der Waals surface area contributed by atoms with Gasteiger partial charge in [-0.3, -0.25) is 19.3 Å². The van der Waals surface area contributed by atoms with Gasteiger partial charge in [0.05, 0.1) is 4.91 Å². The summed E-state index contributed by atoms with van der Waals surface area (Å²) in [5, 5.41) is 2.46. The van der Waals surface area contributed by atoms with Crippen LogP contribution in [-0.4, -0.2) is 28.5 Å². The number of nitrogens with one attached hydrogen (secondary N) is 1. The van der Waals surface area contributed by atoms with Crippen molar-refractivity contribution in [3.05, 3.63) is 70.6 Å². The molecule has 0 saturated carbocycles. The van der Waals surface area contributed by atoms with Crippen LogP contribution in [0.15, 0.2) is 59.5 Å². The summed E-state index contributed by atoms with van der Waals surface area (Å²) >= 11 is 0.902. The van der Waals surface area contributed by atoms with Crippen molar-refractivity contribution < 1.29 is 14.4 Å². The number of carbonyl (C=O) groups is 3. The number of thioether (sulfide) groups is 1. The van der Waals surface area contributed by atoms with Crippen LogP contribution in [0.25, 0.3) is 6.08 Å². The highest BCUT2D eigenvalue weighted by Gasteiger charge is 2.34. The number of imide groups is 1. The largest absolute Gasteiger partial charge is 0.326 e. The minimum atomic E-state index is -0.354. The molecule has 6 heteroatoms. The third-order valence-electron chi connectivity index (χ3n) is 3.95. The molecule has 0 unspecified atom stereocenters. The molecule has 0 aromatic heterocycles. The molecule has 1 saturated heterocycles. The van der Waals surface area contributed by atoms with Gasteiger partial charge in [0.25, 0.3) is 11.1 Å². The number of rotatable bonds is 5. The number of anilines is 1. The molecule has 3 rings (SSSR count). The fourth-order valence-electron chi connectivity index (χ4n) is 2.53. The van der Waals surface area contributed by atoms with Crippen LogP contribution in [0.3, 0.4) is 0 Å². The van der Waals surface area contributed by atoms with E-state index in [9.17, 15) is 14.4 Å². The lowest BCUT2D eigenvalue weighted by Crippen LogP contribution is -2.31. The van der Waals surface area contributed by atoms with E-state index in [4.69, 9.17) is 0 Å². The van der Waals surface area contributed by atoms with Crippen molar-refractivity contribution in [1.29, 1.82) is 0 Å². The molecule has 2 aromatic carbocycles. The molecule has 3 amide bonds. The highest BCUT2D eigenvalue weighted by Crippen LogP contribution is 2.32. The predicted molar refractivity (Wildman–Crippen MR) is 104 cm³/mol. The lowest BCUT2D eigenvalue weighted by molar-refractivity contribution is -0.123. The number of nitrogens with zero attached hydrogens (tertiary/aromatic N) is 1. The van der Waals surface area contributed by atoms with Crippen molar-refractivity contribution in [2.24, 2.45) is 0 Å². The molecule has 0 spiro atoms. The Morgan fingerprint density at radius 3 is 2.50 bits per heavy atom. The Balaban J connectivity index is 1.61. The molecule has 1 aliphatic rings. The summed E-state index contributed by atoms with van der Waals surface area (Å²) in [5.74, 6) is -0.585. The average molecular weight is 366 g/mol. The number of para-hydroxylation sites is 1. The number of hydrogen-bond acceptors (Lipinski definition) is 4. The molecular formula is C20H18N2O3S. The average Bonchev–Trinajstić information content (AvgIpc) is 2.89. The maximum absolute atomic E-state index is 12.4. The van der Waals surface area contributed by atoms with Gasteiger partial charge >= 0.3 is 0 Å². The Kier molecular flexibility index (Phi) is 5.53. The summed E-state index contributed by atoms with van der Waals surface area (Å²) in [5.41, 5.74) is 2.55. The number of benzene rings is 2. The fraction of sp³-hybridized carbons (Fsp3) is 0.150. The van der Waals surface area contributed by atoms with Crippen LogP contribution >= 0.6 is 11.8 Å². The minimum absolute atomic E-state index is 0.0605. The van der Waals surface area contributed by atoms with E-state index < -0.39 is 0 Å². The third-order valence-corrected chi connectivity index (χ3v) is 4.86. The summed E-state index contributed by atoms with van der Waals surface area (Å²) in [6.07, 6.45) is 1.75. The Morgan fingerprint density at radius 2 is 1.77 bits per heavy atom. The van der Waals surface area contributed by atoms with E-state index in [1.165, 1.54) is 0 Å². The summed E-state index contributed by atoms with van der Waals surface area (Å²) in [4.78, 5) is 38.2. The first-order valence-electron chi connectivity index (χ1n) is 8.20. The minimum Gasteiger partial charge on any atom is -0.326 e. The number of hydrogen-bond donors (Lipinski definition) is 1. The van der Waals surface area contributed by atoms with E-state index in [1.54, 1.807) is 6.08 Å². The third kappa shape index (κ3) is 4.21. The Labute approximate surface area is 156 Å². The molecule has 26 heavy (non-hydrogen) atoms. The smallest absolute Gasteiger partial charge is 0.293 e. The number of aryl methyl sites for hydroxylation is 1. The van der Waals surface area contributed by atoms with E-state index >= 15 is 0 Å². The van der Waals surface area contributed by atoms with Gasteiger partial charge in [-0.2, -0.15) is 0 Å².